The zero-order valence-corrected chi connectivity index (χ0v) is 15.9. The summed E-state index contributed by atoms with van der Waals surface area (Å²) in [5, 5.41) is 2.60. The number of halogens is 2. The third-order valence-electron chi connectivity index (χ3n) is 4.09. The fourth-order valence-corrected chi connectivity index (χ4v) is 2.65. The van der Waals surface area contributed by atoms with Crippen LogP contribution in [0.3, 0.4) is 0 Å². The van der Waals surface area contributed by atoms with Gasteiger partial charge in [0.15, 0.2) is 11.5 Å². The van der Waals surface area contributed by atoms with Crippen LogP contribution in [-0.2, 0) is 0 Å². The van der Waals surface area contributed by atoms with Gasteiger partial charge in [-0.05, 0) is 50.2 Å². The highest BCUT2D eigenvalue weighted by atomic mass is 19.3. The van der Waals surface area contributed by atoms with Gasteiger partial charge in [-0.1, -0.05) is 6.07 Å². The Morgan fingerprint density at radius 1 is 1.07 bits per heavy atom. The fraction of sp³-hybridized carbons (Fsp3) is 0.300. The number of anilines is 1. The molecule has 6 nitrogen and oxygen atoms in total. The molecule has 0 unspecified atom stereocenters. The van der Waals surface area contributed by atoms with Crippen molar-refractivity contribution in [3.8, 4) is 11.5 Å². The van der Waals surface area contributed by atoms with E-state index in [1.165, 1.54) is 25.3 Å². The van der Waals surface area contributed by atoms with Crippen molar-refractivity contribution in [1.29, 1.82) is 0 Å². The van der Waals surface area contributed by atoms with Crippen molar-refractivity contribution in [2.75, 3.05) is 25.5 Å². The molecule has 0 radical (unpaired) electrons. The van der Waals surface area contributed by atoms with Crippen LogP contribution in [0.4, 0.5) is 14.5 Å². The van der Waals surface area contributed by atoms with Crippen LogP contribution in [0.15, 0.2) is 42.5 Å². The Hall–Kier alpha value is -3.16. The van der Waals surface area contributed by atoms with E-state index in [1.54, 1.807) is 29.2 Å². The van der Waals surface area contributed by atoms with E-state index < -0.39 is 12.5 Å². The van der Waals surface area contributed by atoms with E-state index in [2.05, 4.69) is 10.1 Å². The minimum absolute atomic E-state index is 0.0214. The van der Waals surface area contributed by atoms with Gasteiger partial charge in [0.2, 0.25) is 0 Å². The lowest BCUT2D eigenvalue weighted by Crippen LogP contribution is -2.30. The van der Waals surface area contributed by atoms with Gasteiger partial charge in [-0.3, -0.25) is 9.59 Å². The van der Waals surface area contributed by atoms with Gasteiger partial charge in [0.05, 0.1) is 12.7 Å². The van der Waals surface area contributed by atoms with Crippen molar-refractivity contribution < 1.29 is 27.8 Å². The first-order valence-electron chi connectivity index (χ1n) is 8.73. The first-order chi connectivity index (χ1) is 13.4. The number of para-hydroxylation sites is 1. The normalized spacial score (nSPS) is 10.5. The summed E-state index contributed by atoms with van der Waals surface area (Å²) in [5.41, 5.74) is 0.805. The Bertz CT molecular complexity index is 821. The summed E-state index contributed by atoms with van der Waals surface area (Å²) in [7, 11) is 1.29. The fourth-order valence-electron chi connectivity index (χ4n) is 2.65. The SMILES string of the molecule is CCN(CC)C(=O)c1ccc(NC(=O)c2cccc(OC)c2OC(F)F)cc1. The standard InChI is InChI=1S/C20H22F2N2O4/c1-4-24(5-2)19(26)13-9-11-14(12-10-13)23-18(25)15-7-6-8-16(27-3)17(15)28-20(21)22/h6-12,20H,4-5H2,1-3H3,(H,23,25). The van der Waals surface area contributed by atoms with E-state index in [0.29, 0.717) is 24.3 Å². The zero-order chi connectivity index (χ0) is 20.7. The van der Waals surface area contributed by atoms with Gasteiger partial charge < -0.3 is 19.7 Å². The number of nitrogens with one attached hydrogen (secondary N) is 1. The summed E-state index contributed by atoms with van der Waals surface area (Å²) in [5.74, 6) is -1.07. The van der Waals surface area contributed by atoms with Crippen molar-refractivity contribution in [1.82, 2.24) is 4.90 Å². The molecule has 2 aromatic rings. The van der Waals surface area contributed by atoms with Gasteiger partial charge >= 0.3 is 6.61 Å². The quantitative estimate of drug-likeness (QED) is 0.737. The van der Waals surface area contributed by atoms with Gasteiger partial charge in [-0.25, -0.2) is 0 Å². The number of methoxy groups -OCH3 is 1. The molecule has 0 heterocycles. The monoisotopic (exact) mass is 392 g/mol. The summed E-state index contributed by atoms with van der Waals surface area (Å²) >= 11 is 0. The third kappa shape index (κ3) is 4.97. The van der Waals surface area contributed by atoms with Crippen molar-refractivity contribution >= 4 is 17.5 Å². The maximum absolute atomic E-state index is 12.7. The molecule has 0 aliphatic heterocycles. The van der Waals surface area contributed by atoms with E-state index in [0.717, 1.165) is 0 Å². The van der Waals surface area contributed by atoms with Crippen LogP contribution >= 0.6 is 0 Å². The van der Waals surface area contributed by atoms with Crippen LogP contribution in [0.2, 0.25) is 0 Å². The average Bonchev–Trinajstić information content (AvgIpc) is 2.69. The Morgan fingerprint density at radius 2 is 1.71 bits per heavy atom. The summed E-state index contributed by atoms with van der Waals surface area (Å²) in [4.78, 5) is 26.5. The van der Waals surface area contributed by atoms with Crippen LogP contribution in [0.25, 0.3) is 0 Å². The van der Waals surface area contributed by atoms with Crippen LogP contribution in [0.5, 0.6) is 11.5 Å². The number of ether oxygens (including phenoxy) is 2. The van der Waals surface area contributed by atoms with Crippen LogP contribution in [0.1, 0.15) is 34.6 Å². The van der Waals surface area contributed by atoms with Crippen molar-refractivity contribution in [3.63, 3.8) is 0 Å². The number of benzene rings is 2. The summed E-state index contributed by atoms with van der Waals surface area (Å²) in [6.07, 6.45) is 0. The van der Waals surface area contributed by atoms with Crippen molar-refractivity contribution in [2.24, 2.45) is 0 Å². The van der Waals surface area contributed by atoms with Crippen molar-refractivity contribution in [2.45, 2.75) is 20.5 Å². The molecule has 150 valence electrons. The highest BCUT2D eigenvalue weighted by molar-refractivity contribution is 6.07. The van der Waals surface area contributed by atoms with E-state index in [9.17, 15) is 18.4 Å². The predicted octanol–water partition coefficient (Wildman–Crippen LogP) is 4.03. The molecule has 2 rings (SSSR count). The largest absolute Gasteiger partial charge is 0.493 e. The lowest BCUT2D eigenvalue weighted by Gasteiger charge is -2.18. The predicted molar refractivity (Wildman–Crippen MR) is 101 cm³/mol. The molecule has 2 amide bonds. The van der Waals surface area contributed by atoms with Gasteiger partial charge in [-0.2, -0.15) is 8.78 Å². The third-order valence-corrected chi connectivity index (χ3v) is 4.09. The number of carbonyl (C=O) groups is 2. The Balaban J connectivity index is 2.20. The lowest BCUT2D eigenvalue weighted by molar-refractivity contribution is -0.0515. The Morgan fingerprint density at radius 3 is 2.25 bits per heavy atom. The second kappa shape index (κ2) is 9.68. The molecule has 0 saturated heterocycles. The molecular weight excluding hydrogens is 370 g/mol. The molecule has 2 aromatic carbocycles. The summed E-state index contributed by atoms with van der Waals surface area (Å²) in [6.45, 7) is 1.87. The molecule has 0 bridgehead atoms. The van der Waals surface area contributed by atoms with Gasteiger partial charge in [0, 0.05) is 24.3 Å². The molecule has 0 aliphatic carbocycles. The van der Waals surface area contributed by atoms with Gasteiger partial charge in [0.25, 0.3) is 11.8 Å². The highest BCUT2D eigenvalue weighted by Gasteiger charge is 2.20. The first kappa shape index (κ1) is 21.1. The Labute approximate surface area is 162 Å². The number of alkyl halides is 2. The van der Waals surface area contributed by atoms with E-state index in [1.807, 2.05) is 13.8 Å². The van der Waals surface area contributed by atoms with Crippen LogP contribution in [0, 0.1) is 0 Å². The molecule has 28 heavy (non-hydrogen) atoms. The summed E-state index contributed by atoms with van der Waals surface area (Å²) in [6, 6.07) is 10.6. The van der Waals surface area contributed by atoms with E-state index >= 15 is 0 Å². The van der Waals surface area contributed by atoms with Gasteiger partial charge in [-0.15, -0.1) is 0 Å². The maximum atomic E-state index is 12.7. The number of hydrogen-bond acceptors (Lipinski definition) is 4. The van der Waals surface area contributed by atoms with E-state index in [4.69, 9.17) is 4.74 Å². The maximum Gasteiger partial charge on any atom is 0.387 e. The minimum atomic E-state index is -3.10. The number of rotatable bonds is 8. The number of nitrogens with zero attached hydrogens (tertiary/aromatic N) is 1. The van der Waals surface area contributed by atoms with Crippen LogP contribution in [-0.4, -0.2) is 43.5 Å². The second-order valence-corrected chi connectivity index (χ2v) is 5.72. The van der Waals surface area contributed by atoms with E-state index in [-0.39, 0.29) is 23.0 Å². The molecule has 0 spiro atoms. The number of amides is 2. The highest BCUT2D eigenvalue weighted by Crippen LogP contribution is 2.33. The topological polar surface area (TPSA) is 67.9 Å². The zero-order valence-electron chi connectivity index (χ0n) is 15.9. The molecule has 8 heteroatoms. The number of carbonyl (C=O) groups excluding carboxylic acids is 2. The average molecular weight is 392 g/mol. The molecular formula is C20H22F2N2O4. The molecule has 0 saturated carbocycles. The lowest BCUT2D eigenvalue weighted by atomic mass is 10.1. The smallest absolute Gasteiger partial charge is 0.387 e. The molecule has 0 atom stereocenters. The summed E-state index contributed by atoms with van der Waals surface area (Å²) < 4.78 is 34.9. The first-order valence-corrected chi connectivity index (χ1v) is 8.73. The van der Waals surface area contributed by atoms with Gasteiger partial charge in [0.1, 0.15) is 0 Å². The van der Waals surface area contributed by atoms with Crippen LogP contribution < -0.4 is 14.8 Å². The molecule has 0 aliphatic rings. The number of hydrogen-bond donors (Lipinski definition) is 1. The molecule has 0 fully saturated rings. The molecule has 0 aromatic heterocycles. The minimum Gasteiger partial charge on any atom is -0.493 e. The second-order valence-electron chi connectivity index (χ2n) is 5.72. The molecule has 1 N–H and O–H groups in total. The van der Waals surface area contributed by atoms with Crippen molar-refractivity contribution in [3.05, 3.63) is 53.6 Å². The Kier molecular flexibility index (Phi) is 7.31.